The second-order valence-corrected chi connectivity index (χ2v) is 5.03. The number of hydrogen-bond donors (Lipinski definition) is 2. The molecule has 0 atom stereocenters. The van der Waals surface area contributed by atoms with Gasteiger partial charge in [-0.1, -0.05) is 22.0 Å². The lowest BCUT2D eigenvalue weighted by atomic mass is 10.2. The number of amides is 1. The van der Waals surface area contributed by atoms with E-state index in [1.54, 1.807) is 7.11 Å². The van der Waals surface area contributed by atoms with Crippen LogP contribution in [0.3, 0.4) is 0 Å². The predicted molar refractivity (Wildman–Crippen MR) is 80.2 cm³/mol. The smallest absolute Gasteiger partial charge is 0.239 e. The fourth-order valence-electron chi connectivity index (χ4n) is 1.59. The summed E-state index contributed by atoms with van der Waals surface area (Å²) in [4.78, 5) is 13.6. The molecular formula is C13H20BrN3O2. The zero-order valence-corrected chi connectivity index (χ0v) is 12.9. The Labute approximate surface area is 122 Å². The fourth-order valence-corrected chi connectivity index (χ4v) is 2.12. The van der Waals surface area contributed by atoms with Crippen LogP contribution in [-0.2, 0) is 16.1 Å². The summed E-state index contributed by atoms with van der Waals surface area (Å²) in [5.74, 6) is -0.0291. The number of likely N-dealkylation sites (N-methyl/N-ethyl adjacent to an activating group) is 1. The summed E-state index contributed by atoms with van der Waals surface area (Å²) in [5.41, 5.74) is 7.61. The highest BCUT2D eigenvalue weighted by molar-refractivity contribution is 9.10. The number of nitrogens with two attached hydrogens (primary N) is 1. The van der Waals surface area contributed by atoms with Crippen LogP contribution >= 0.6 is 15.9 Å². The van der Waals surface area contributed by atoms with Crippen LogP contribution in [0.25, 0.3) is 0 Å². The Morgan fingerprint density at radius 2 is 2.26 bits per heavy atom. The van der Waals surface area contributed by atoms with Crippen LogP contribution in [0.15, 0.2) is 22.7 Å². The van der Waals surface area contributed by atoms with Gasteiger partial charge in [0, 0.05) is 37.4 Å². The van der Waals surface area contributed by atoms with Crippen molar-refractivity contribution in [2.24, 2.45) is 5.73 Å². The number of nitrogens with one attached hydrogen (secondary N) is 1. The van der Waals surface area contributed by atoms with Gasteiger partial charge < -0.3 is 20.7 Å². The number of anilines is 1. The standard InChI is InChI=1S/C13H20BrN3O2/c1-17(9-13(18)16-5-6-19-2)11-4-3-10(8-15)12(14)7-11/h3-4,7H,5-6,8-9,15H2,1-2H3,(H,16,18). The molecule has 0 saturated carbocycles. The maximum atomic E-state index is 11.7. The number of carbonyl (C=O) groups excluding carboxylic acids is 1. The van der Waals surface area contributed by atoms with E-state index in [4.69, 9.17) is 10.5 Å². The van der Waals surface area contributed by atoms with Crippen LogP contribution in [0.5, 0.6) is 0 Å². The van der Waals surface area contributed by atoms with E-state index < -0.39 is 0 Å². The lowest BCUT2D eigenvalue weighted by Crippen LogP contribution is -2.36. The first-order valence-corrected chi connectivity index (χ1v) is 6.83. The molecule has 0 radical (unpaired) electrons. The van der Waals surface area contributed by atoms with Gasteiger partial charge in [-0.15, -0.1) is 0 Å². The number of benzene rings is 1. The SMILES string of the molecule is COCCNC(=O)CN(C)c1ccc(CN)c(Br)c1. The molecule has 1 aromatic rings. The van der Waals surface area contributed by atoms with Gasteiger partial charge in [0.05, 0.1) is 13.2 Å². The second kappa shape index (κ2) is 8.14. The monoisotopic (exact) mass is 329 g/mol. The average Bonchev–Trinajstić information content (AvgIpc) is 2.38. The normalized spacial score (nSPS) is 10.3. The van der Waals surface area contributed by atoms with Gasteiger partial charge in [-0.05, 0) is 17.7 Å². The molecule has 0 spiro atoms. The number of nitrogens with zero attached hydrogens (tertiary/aromatic N) is 1. The van der Waals surface area contributed by atoms with Crippen molar-refractivity contribution in [3.63, 3.8) is 0 Å². The van der Waals surface area contributed by atoms with E-state index in [2.05, 4.69) is 21.2 Å². The van der Waals surface area contributed by atoms with Gasteiger partial charge in [0.15, 0.2) is 0 Å². The molecule has 1 amide bonds. The number of methoxy groups -OCH3 is 1. The fraction of sp³-hybridized carbons (Fsp3) is 0.462. The third kappa shape index (κ3) is 5.18. The van der Waals surface area contributed by atoms with Gasteiger partial charge >= 0.3 is 0 Å². The number of rotatable bonds is 7. The molecule has 0 fully saturated rings. The van der Waals surface area contributed by atoms with Crippen molar-refractivity contribution in [1.29, 1.82) is 0 Å². The maximum Gasteiger partial charge on any atom is 0.239 e. The highest BCUT2D eigenvalue weighted by atomic mass is 79.9. The lowest BCUT2D eigenvalue weighted by Gasteiger charge is -2.19. The molecule has 0 heterocycles. The number of hydrogen-bond acceptors (Lipinski definition) is 4. The Morgan fingerprint density at radius 3 is 2.84 bits per heavy atom. The third-order valence-electron chi connectivity index (χ3n) is 2.71. The minimum absolute atomic E-state index is 0.0291. The Bertz CT molecular complexity index is 426. The Kier molecular flexibility index (Phi) is 6.83. The van der Waals surface area contributed by atoms with Crippen molar-refractivity contribution >= 4 is 27.5 Å². The molecule has 0 aromatic heterocycles. The van der Waals surface area contributed by atoms with Crippen LogP contribution in [-0.4, -0.2) is 39.8 Å². The van der Waals surface area contributed by atoms with Crippen molar-refractivity contribution in [2.75, 3.05) is 38.8 Å². The largest absolute Gasteiger partial charge is 0.383 e. The van der Waals surface area contributed by atoms with Crippen molar-refractivity contribution in [1.82, 2.24) is 5.32 Å². The number of carbonyl (C=O) groups is 1. The van der Waals surface area contributed by atoms with E-state index >= 15 is 0 Å². The molecule has 1 aromatic carbocycles. The van der Waals surface area contributed by atoms with Gasteiger partial charge in [-0.25, -0.2) is 0 Å². The zero-order valence-electron chi connectivity index (χ0n) is 11.3. The zero-order chi connectivity index (χ0) is 14.3. The third-order valence-corrected chi connectivity index (χ3v) is 3.44. The van der Waals surface area contributed by atoms with Crippen molar-refractivity contribution in [2.45, 2.75) is 6.54 Å². The maximum absolute atomic E-state index is 11.7. The van der Waals surface area contributed by atoms with E-state index in [1.165, 1.54) is 0 Å². The molecule has 19 heavy (non-hydrogen) atoms. The van der Waals surface area contributed by atoms with Gasteiger partial charge in [0.25, 0.3) is 0 Å². The average molecular weight is 330 g/mol. The summed E-state index contributed by atoms with van der Waals surface area (Å²) >= 11 is 3.47. The van der Waals surface area contributed by atoms with E-state index in [9.17, 15) is 4.79 Å². The summed E-state index contributed by atoms with van der Waals surface area (Å²) in [6.45, 7) is 1.84. The molecule has 5 nitrogen and oxygen atoms in total. The van der Waals surface area contributed by atoms with E-state index in [1.807, 2.05) is 30.1 Å². The Hall–Kier alpha value is -1.11. The number of ether oxygens (including phenoxy) is 1. The number of halogens is 1. The van der Waals surface area contributed by atoms with Crippen LogP contribution in [0.4, 0.5) is 5.69 Å². The molecule has 3 N–H and O–H groups in total. The van der Waals surface area contributed by atoms with E-state index in [-0.39, 0.29) is 5.91 Å². The van der Waals surface area contributed by atoms with Crippen LogP contribution in [0.1, 0.15) is 5.56 Å². The van der Waals surface area contributed by atoms with E-state index in [0.717, 1.165) is 15.7 Å². The summed E-state index contributed by atoms with van der Waals surface area (Å²) in [7, 11) is 3.48. The van der Waals surface area contributed by atoms with E-state index in [0.29, 0.717) is 26.2 Å². The molecule has 0 aliphatic heterocycles. The molecule has 106 valence electrons. The molecule has 0 aliphatic carbocycles. The molecule has 1 rings (SSSR count). The van der Waals surface area contributed by atoms with Gasteiger partial charge in [0.2, 0.25) is 5.91 Å². The summed E-state index contributed by atoms with van der Waals surface area (Å²) in [6.07, 6.45) is 0. The summed E-state index contributed by atoms with van der Waals surface area (Å²) in [5, 5.41) is 2.78. The first kappa shape index (κ1) is 15.9. The van der Waals surface area contributed by atoms with Gasteiger partial charge in [0.1, 0.15) is 0 Å². The minimum Gasteiger partial charge on any atom is -0.383 e. The molecule has 0 aliphatic rings. The quantitative estimate of drug-likeness (QED) is 0.735. The second-order valence-electron chi connectivity index (χ2n) is 4.18. The Balaban J connectivity index is 2.55. The first-order valence-electron chi connectivity index (χ1n) is 6.03. The lowest BCUT2D eigenvalue weighted by molar-refractivity contribution is -0.119. The highest BCUT2D eigenvalue weighted by Gasteiger charge is 2.08. The summed E-state index contributed by atoms with van der Waals surface area (Å²) < 4.78 is 5.83. The highest BCUT2D eigenvalue weighted by Crippen LogP contribution is 2.23. The van der Waals surface area contributed by atoms with Gasteiger partial charge in [-0.3, -0.25) is 4.79 Å². The van der Waals surface area contributed by atoms with Crippen molar-refractivity contribution in [3.05, 3.63) is 28.2 Å². The van der Waals surface area contributed by atoms with Crippen LogP contribution in [0.2, 0.25) is 0 Å². The summed E-state index contributed by atoms with van der Waals surface area (Å²) in [6, 6.07) is 5.87. The van der Waals surface area contributed by atoms with Crippen molar-refractivity contribution < 1.29 is 9.53 Å². The molecule has 0 saturated heterocycles. The van der Waals surface area contributed by atoms with Gasteiger partial charge in [-0.2, -0.15) is 0 Å². The van der Waals surface area contributed by atoms with Crippen LogP contribution in [0, 0.1) is 0 Å². The molecule has 0 unspecified atom stereocenters. The van der Waals surface area contributed by atoms with Crippen molar-refractivity contribution in [3.8, 4) is 0 Å². The molecular weight excluding hydrogens is 310 g/mol. The minimum atomic E-state index is -0.0291. The van der Waals surface area contributed by atoms with Crippen LogP contribution < -0.4 is 16.0 Å². The topological polar surface area (TPSA) is 67.6 Å². The molecule has 0 bridgehead atoms. The first-order chi connectivity index (χ1) is 9.08. The predicted octanol–water partition coefficient (Wildman–Crippen LogP) is 1.11. The Morgan fingerprint density at radius 1 is 1.53 bits per heavy atom. The molecule has 6 heteroatoms.